The Labute approximate surface area is 134 Å². The van der Waals surface area contributed by atoms with E-state index >= 15 is 0 Å². The summed E-state index contributed by atoms with van der Waals surface area (Å²) in [6.45, 7) is 2.71. The standard InChI is InChI=1S/C20H18N2O/c1-14-9-10-19-18(11-14)21-20(13-23)22(19)12-16-7-4-6-15-5-2-3-8-17(15)16/h2-11,23H,12-13H2,1H3. The zero-order valence-electron chi connectivity index (χ0n) is 13.0. The van der Waals surface area contributed by atoms with Gasteiger partial charge in [-0.2, -0.15) is 0 Å². The highest BCUT2D eigenvalue weighted by molar-refractivity contribution is 5.86. The largest absolute Gasteiger partial charge is 0.388 e. The molecule has 0 saturated carbocycles. The predicted octanol–water partition coefficient (Wildman–Crippen LogP) is 4.04. The Morgan fingerprint density at radius 3 is 2.70 bits per heavy atom. The van der Waals surface area contributed by atoms with Crippen LogP contribution in [0.4, 0.5) is 0 Å². The minimum Gasteiger partial charge on any atom is -0.388 e. The number of hydrogen-bond acceptors (Lipinski definition) is 2. The molecule has 0 spiro atoms. The van der Waals surface area contributed by atoms with E-state index in [1.165, 1.54) is 21.9 Å². The summed E-state index contributed by atoms with van der Waals surface area (Å²) in [4.78, 5) is 4.58. The molecule has 4 aromatic rings. The molecule has 1 aromatic heterocycles. The van der Waals surface area contributed by atoms with Gasteiger partial charge in [0, 0.05) is 0 Å². The van der Waals surface area contributed by atoms with E-state index in [0.29, 0.717) is 12.4 Å². The number of fused-ring (bicyclic) bond motifs is 2. The molecule has 0 aliphatic carbocycles. The van der Waals surface area contributed by atoms with Gasteiger partial charge in [-0.25, -0.2) is 4.98 Å². The van der Waals surface area contributed by atoms with Gasteiger partial charge in [-0.15, -0.1) is 0 Å². The van der Waals surface area contributed by atoms with E-state index in [-0.39, 0.29) is 6.61 Å². The Morgan fingerprint density at radius 2 is 1.83 bits per heavy atom. The number of aliphatic hydroxyl groups excluding tert-OH is 1. The Bertz CT molecular complexity index is 996. The molecule has 3 heteroatoms. The lowest BCUT2D eigenvalue weighted by Gasteiger charge is -2.11. The van der Waals surface area contributed by atoms with Crippen LogP contribution in [0.3, 0.4) is 0 Å². The van der Waals surface area contributed by atoms with Gasteiger partial charge in [-0.3, -0.25) is 0 Å². The molecule has 0 bridgehead atoms. The van der Waals surface area contributed by atoms with Gasteiger partial charge in [0.1, 0.15) is 12.4 Å². The molecule has 23 heavy (non-hydrogen) atoms. The van der Waals surface area contributed by atoms with Crippen molar-refractivity contribution in [3.05, 3.63) is 77.6 Å². The summed E-state index contributed by atoms with van der Waals surface area (Å²) in [6.07, 6.45) is 0. The van der Waals surface area contributed by atoms with Crippen molar-refractivity contribution in [2.45, 2.75) is 20.1 Å². The molecule has 3 nitrogen and oxygen atoms in total. The lowest BCUT2D eigenvalue weighted by atomic mass is 10.0. The maximum atomic E-state index is 9.70. The summed E-state index contributed by atoms with van der Waals surface area (Å²) in [5.41, 5.74) is 4.41. The fourth-order valence-electron chi connectivity index (χ4n) is 3.19. The third-order valence-electron chi connectivity index (χ3n) is 4.33. The molecule has 0 unspecified atom stereocenters. The van der Waals surface area contributed by atoms with Crippen molar-refractivity contribution in [2.75, 3.05) is 0 Å². The first-order valence-electron chi connectivity index (χ1n) is 7.79. The third-order valence-corrected chi connectivity index (χ3v) is 4.33. The van der Waals surface area contributed by atoms with Gasteiger partial charge in [0.25, 0.3) is 0 Å². The fraction of sp³-hybridized carbons (Fsp3) is 0.150. The molecule has 0 aliphatic heterocycles. The average Bonchev–Trinajstić information content (AvgIpc) is 2.92. The maximum Gasteiger partial charge on any atom is 0.136 e. The zero-order chi connectivity index (χ0) is 15.8. The lowest BCUT2D eigenvalue weighted by Crippen LogP contribution is -2.05. The molecule has 1 heterocycles. The second-order valence-electron chi connectivity index (χ2n) is 5.90. The molecule has 0 aliphatic rings. The van der Waals surface area contributed by atoms with Crippen LogP contribution in [0.25, 0.3) is 21.8 Å². The molecule has 4 rings (SSSR count). The average molecular weight is 302 g/mol. The smallest absolute Gasteiger partial charge is 0.136 e. The minimum absolute atomic E-state index is 0.0570. The monoisotopic (exact) mass is 302 g/mol. The summed E-state index contributed by atoms with van der Waals surface area (Å²) in [5.74, 6) is 0.707. The van der Waals surface area contributed by atoms with Gasteiger partial charge in [-0.1, -0.05) is 48.5 Å². The number of aliphatic hydroxyl groups is 1. The second-order valence-corrected chi connectivity index (χ2v) is 5.90. The number of aryl methyl sites for hydroxylation is 1. The summed E-state index contributed by atoms with van der Waals surface area (Å²) < 4.78 is 2.11. The highest BCUT2D eigenvalue weighted by Gasteiger charge is 2.11. The van der Waals surface area contributed by atoms with Crippen molar-refractivity contribution in [1.82, 2.24) is 9.55 Å². The molecule has 114 valence electrons. The summed E-state index contributed by atoms with van der Waals surface area (Å²) in [5, 5.41) is 12.2. The quantitative estimate of drug-likeness (QED) is 0.620. The van der Waals surface area contributed by atoms with Gasteiger partial charge in [-0.05, 0) is 41.0 Å². The predicted molar refractivity (Wildman–Crippen MR) is 93.4 cm³/mol. The van der Waals surface area contributed by atoms with Crippen molar-refractivity contribution >= 4 is 21.8 Å². The first kappa shape index (κ1) is 14.0. The first-order valence-corrected chi connectivity index (χ1v) is 7.79. The minimum atomic E-state index is -0.0570. The number of imidazole rings is 1. The topological polar surface area (TPSA) is 38.1 Å². The summed E-state index contributed by atoms with van der Waals surface area (Å²) in [6, 6.07) is 21.0. The van der Waals surface area contributed by atoms with Crippen LogP contribution < -0.4 is 0 Å². The van der Waals surface area contributed by atoms with Gasteiger partial charge >= 0.3 is 0 Å². The van der Waals surface area contributed by atoms with Gasteiger partial charge in [0.05, 0.1) is 17.6 Å². The van der Waals surface area contributed by atoms with Crippen molar-refractivity contribution in [2.24, 2.45) is 0 Å². The van der Waals surface area contributed by atoms with Gasteiger partial charge in [0.15, 0.2) is 0 Å². The fourth-order valence-corrected chi connectivity index (χ4v) is 3.19. The Hall–Kier alpha value is -2.65. The third kappa shape index (κ3) is 2.39. The molecule has 3 aromatic carbocycles. The molecule has 0 radical (unpaired) electrons. The number of rotatable bonds is 3. The van der Waals surface area contributed by atoms with Crippen LogP contribution in [0.2, 0.25) is 0 Å². The van der Waals surface area contributed by atoms with Crippen LogP contribution in [0.5, 0.6) is 0 Å². The number of nitrogens with zero attached hydrogens (tertiary/aromatic N) is 2. The Balaban J connectivity index is 1.89. The number of hydrogen-bond donors (Lipinski definition) is 1. The van der Waals surface area contributed by atoms with E-state index in [9.17, 15) is 5.11 Å². The van der Waals surface area contributed by atoms with E-state index in [1.807, 2.05) is 0 Å². The highest BCUT2D eigenvalue weighted by atomic mass is 16.3. The van der Waals surface area contributed by atoms with Gasteiger partial charge in [0.2, 0.25) is 0 Å². The zero-order valence-corrected chi connectivity index (χ0v) is 13.0. The van der Waals surface area contributed by atoms with E-state index in [0.717, 1.165) is 11.0 Å². The summed E-state index contributed by atoms with van der Waals surface area (Å²) in [7, 11) is 0. The van der Waals surface area contributed by atoms with Crippen molar-refractivity contribution in [3.63, 3.8) is 0 Å². The van der Waals surface area contributed by atoms with Crippen LogP contribution in [0.1, 0.15) is 17.0 Å². The van der Waals surface area contributed by atoms with E-state index < -0.39 is 0 Å². The molecule has 0 amide bonds. The maximum absolute atomic E-state index is 9.70. The van der Waals surface area contributed by atoms with E-state index in [1.54, 1.807) is 0 Å². The molecule has 0 saturated heterocycles. The van der Waals surface area contributed by atoms with Crippen LogP contribution in [0, 0.1) is 6.92 Å². The van der Waals surface area contributed by atoms with Crippen LogP contribution >= 0.6 is 0 Å². The number of benzene rings is 3. The second kappa shape index (κ2) is 5.52. The summed E-state index contributed by atoms with van der Waals surface area (Å²) >= 11 is 0. The van der Waals surface area contributed by atoms with Gasteiger partial charge < -0.3 is 9.67 Å². The number of aromatic nitrogens is 2. The van der Waals surface area contributed by atoms with Crippen molar-refractivity contribution < 1.29 is 5.11 Å². The normalized spacial score (nSPS) is 11.4. The van der Waals surface area contributed by atoms with E-state index in [2.05, 4.69) is 77.1 Å². The molecule has 0 atom stereocenters. The lowest BCUT2D eigenvalue weighted by molar-refractivity contribution is 0.267. The van der Waals surface area contributed by atoms with Crippen molar-refractivity contribution in [3.8, 4) is 0 Å². The van der Waals surface area contributed by atoms with Crippen LogP contribution in [-0.4, -0.2) is 14.7 Å². The van der Waals surface area contributed by atoms with E-state index in [4.69, 9.17) is 0 Å². The Kier molecular flexibility index (Phi) is 3.36. The highest BCUT2D eigenvalue weighted by Crippen LogP contribution is 2.23. The molecule has 0 fully saturated rings. The van der Waals surface area contributed by atoms with Crippen LogP contribution in [0.15, 0.2) is 60.7 Å². The SMILES string of the molecule is Cc1ccc2c(c1)nc(CO)n2Cc1cccc2ccccc12. The van der Waals surface area contributed by atoms with Crippen molar-refractivity contribution in [1.29, 1.82) is 0 Å². The Morgan fingerprint density at radius 1 is 1.00 bits per heavy atom. The van der Waals surface area contributed by atoms with Crippen LogP contribution in [-0.2, 0) is 13.2 Å². The molecule has 1 N–H and O–H groups in total. The first-order chi connectivity index (χ1) is 11.3. The molecular formula is C20H18N2O. The molecular weight excluding hydrogens is 284 g/mol.